The number of methoxy groups -OCH3 is 1. The molecule has 0 aliphatic carbocycles. The highest BCUT2D eigenvalue weighted by Crippen LogP contribution is 2.22. The molecule has 0 spiro atoms. The van der Waals surface area contributed by atoms with Crippen LogP contribution in [-0.2, 0) is 16.6 Å². The van der Waals surface area contributed by atoms with E-state index in [1.165, 1.54) is 37.4 Å². The molecule has 0 aliphatic heterocycles. The fourth-order valence-electron chi connectivity index (χ4n) is 2.63. The molecular formula is C21H19ClN2O5S. The molecule has 0 bridgehead atoms. The summed E-state index contributed by atoms with van der Waals surface area (Å²) >= 11 is 5.85. The lowest BCUT2D eigenvalue weighted by atomic mass is 10.1. The summed E-state index contributed by atoms with van der Waals surface area (Å²) in [6, 6.07) is 16.8. The third-order valence-electron chi connectivity index (χ3n) is 4.23. The standard InChI is InChI=1S/C21H19ClN2O5S/c1-29-17-7-5-16(6-8-17)24-30(27,28)18-9-2-14(3-10-18)13-23-21(26)19-12-15(22)4-11-20(19)25/h2-12,24-25H,13H2,1H3,(H,23,26). The van der Waals surface area contributed by atoms with Gasteiger partial charge in [-0.15, -0.1) is 0 Å². The Labute approximate surface area is 179 Å². The molecular weight excluding hydrogens is 428 g/mol. The van der Waals surface area contributed by atoms with Crippen LogP contribution in [0.3, 0.4) is 0 Å². The molecule has 0 unspecified atom stereocenters. The summed E-state index contributed by atoms with van der Waals surface area (Å²) in [5, 5.41) is 12.8. The Balaban J connectivity index is 1.65. The molecule has 3 rings (SSSR count). The van der Waals surface area contributed by atoms with Crippen molar-refractivity contribution in [3.8, 4) is 11.5 Å². The number of nitrogens with one attached hydrogen (secondary N) is 2. The van der Waals surface area contributed by atoms with Crippen LogP contribution in [0, 0.1) is 0 Å². The van der Waals surface area contributed by atoms with Crippen LogP contribution in [0.2, 0.25) is 5.02 Å². The largest absolute Gasteiger partial charge is 0.507 e. The second kappa shape index (κ2) is 9.06. The third-order valence-corrected chi connectivity index (χ3v) is 5.86. The van der Waals surface area contributed by atoms with E-state index < -0.39 is 15.9 Å². The number of sulfonamides is 1. The molecule has 0 saturated heterocycles. The average molecular weight is 447 g/mol. The van der Waals surface area contributed by atoms with Gasteiger partial charge in [0.2, 0.25) is 0 Å². The highest BCUT2D eigenvalue weighted by Gasteiger charge is 2.15. The van der Waals surface area contributed by atoms with Crippen LogP contribution in [0.5, 0.6) is 11.5 Å². The van der Waals surface area contributed by atoms with Crippen molar-refractivity contribution in [2.24, 2.45) is 0 Å². The van der Waals surface area contributed by atoms with Crippen molar-refractivity contribution in [2.45, 2.75) is 11.4 Å². The maximum Gasteiger partial charge on any atom is 0.261 e. The summed E-state index contributed by atoms with van der Waals surface area (Å²) in [6.45, 7) is 0.150. The fraction of sp³-hybridized carbons (Fsp3) is 0.0952. The van der Waals surface area contributed by atoms with Crippen LogP contribution in [0.25, 0.3) is 0 Å². The summed E-state index contributed by atoms with van der Waals surface area (Å²) in [4.78, 5) is 12.3. The number of aromatic hydroxyl groups is 1. The molecule has 0 aliphatic rings. The Morgan fingerprint density at radius 3 is 2.33 bits per heavy atom. The number of anilines is 1. The molecule has 3 aromatic rings. The van der Waals surface area contributed by atoms with Crippen LogP contribution in [-0.4, -0.2) is 26.5 Å². The van der Waals surface area contributed by atoms with Gasteiger partial charge >= 0.3 is 0 Å². The zero-order chi connectivity index (χ0) is 21.7. The van der Waals surface area contributed by atoms with Crippen LogP contribution < -0.4 is 14.8 Å². The molecule has 3 aromatic carbocycles. The third kappa shape index (κ3) is 5.22. The molecule has 1 amide bonds. The van der Waals surface area contributed by atoms with Crippen LogP contribution in [0.1, 0.15) is 15.9 Å². The van der Waals surface area contributed by atoms with E-state index in [2.05, 4.69) is 10.0 Å². The molecule has 7 nitrogen and oxygen atoms in total. The number of hydrogen-bond donors (Lipinski definition) is 3. The predicted molar refractivity (Wildman–Crippen MR) is 115 cm³/mol. The second-order valence-electron chi connectivity index (χ2n) is 6.32. The quantitative estimate of drug-likeness (QED) is 0.512. The van der Waals surface area contributed by atoms with E-state index >= 15 is 0 Å². The maximum absolute atomic E-state index is 12.5. The molecule has 3 N–H and O–H groups in total. The number of carbonyl (C=O) groups excluding carboxylic acids is 1. The van der Waals surface area contributed by atoms with Crippen LogP contribution >= 0.6 is 11.6 Å². The number of ether oxygens (including phenoxy) is 1. The monoisotopic (exact) mass is 446 g/mol. The summed E-state index contributed by atoms with van der Waals surface area (Å²) < 4.78 is 32.6. The molecule has 30 heavy (non-hydrogen) atoms. The van der Waals surface area contributed by atoms with Crippen molar-refractivity contribution in [2.75, 3.05) is 11.8 Å². The van der Waals surface area contributed by atoms with E-state index in [0.717, 1.165) is 0 Å². The molecule has 0 radical (unpaired) electrons. The van der Waals surface area contributed by atoms with Crippen molar-refractivity contribution in [1.29, 1.82) is 0 Å². The number of rotatable bonds is 7. The normalized spacial score (nSPS) is 11.0. The fourth-order valence-corrected chi connectivity index (χ4v) is 3.86. The van der Waals surface area contributed by atoms with Gasteiger partial charge < -0.3 is 15.2 Å². The minimum Gasteiger partial charge on any atom is -0.507 e. The summed E-state index contributed by atoms with van der Waals surface area (Å²) in [5.41, 5.74) is 1.16. The van der Waals surface area contributed by atoms with Gasteiger partial charge in [-0.2, -0.15) is 0 Å². The van der Waals surface area contributed by atoms with E-state index in [0.29, 0.717) is 22.0 Å². The SMILES string of the molecule is COc1ccc(NS(=O)(=O)c2ccc(CNC(=O)c3cc(Cl)ccc3O)cc2)cc1. The molecule has 0 saturated carbocycles. The van der Waals surface area contributed by atoms with Gasteiger partial charge in [0.25, 0.3) is 15.9 Å². The van der Waals surface area contributed by atoms with E-state index in [-0.39, 0.29) is 22.8 Å². The number of hydrogen-bond acceptors (Lipinski definition) is 5. The van der Waals surface area contributed by atoms with Crippen molar-refractivity contribution < 1.29 is 23.1 Å². The first-order chi connectivity index (χ1) is 14.3. The number of carbonyl (C=O) groups is 1. The Bertz CT molecular complexity index is 1150. The predicted octanol–water partition coefficient (Wildman–Crippen LogP) is 3.79. The Morgan fingerprint density at radius 1 is 1.03 bits per heavy atom. The summed E-state index contributed by atoms with van der Waals surface area (Å²) in [6.07, 6.45) is 0. The van der Waals surface area contributed by atoms with E-state index in [9.17, 15) is 18.3 Å². The maximum atomic E-state index is 12.5. The molecule has 0 fully saturated rings. The Hall–Kier alpha value is -3.23. The van der Waals surface area contributed by atoms with Crippen molar-refractivity contribution in [3.63, 3.8) is 0 Å². The highest BCUT2D eigenvalue weighted by atomic mass is 35.5. The van der Waals surface area contributed by atoms with Crippen LogP contribution in [0.15, 0.2) is 71.6 Å². The van der Waals surface area contributed by atoms with Gasteiger partial charge in [0.05, 0.1) is 17.6 Å². The summed E-state index contributed by atoms with van der Waals surface area (Å²) in [7, 11) is -2.23. The minimum absolute atomic E-state index is 0.0605. The smallest absolute Gasteiger partial charge is 0.261 e. The molecule has 9 heteroatoms. The van der Waals surface area contributed by atoms with Crippen molar-refractivity contribution in [1.82, 2.24) is 5.32 Å². The topological polar surface area (TPSA) is 105 Å². The van der Waals surface area contributed by atoms with E-state index in [4.69, 9.17) is 16.3 Å². The van der Waals surface area contributed by atoms with Gasteiger partial charge in [-0.3, -0.25) is 9.52 Å². The first-order valence-corrected chi connectivity index (χ1v) is 10.7. The molecule has 0 aromatic heterocycles. The second-order valence-corrected chi connectivity index (χ2v) is 8.44. The van der Waals surface area contributed by atoms with Gasteiger partial charge in [-0.1, -0.05) is 23.7 Å². The molecule has 0 heterocycles. The van der Waals surface area contributed by atoms with E-state index in [1.807, 2.05) is 0 Å². The number of phenols is 1. The van der Waals surface area contributed by atoms with Crippen molar-refractivity contribution in [3.05, 3.63) is 82.9 Å². The van der Waals surface area contributed by atoms with Gasteiger partial charge in [-0.05, 0) is 60.2 Å². The van der Waals surface area contributed by atoms with Crippen molar-refractivity contribution >= 4 is 33.2 Å². The zero-order valence-electron chi connectivity index (χ0n) is 15.9. The van der Waals surface area contributed by atoms with Gasteiger partial charge in [-0.25, -0.2) is 8.42 Å². The van der Waals surface area contributed by atoms with Gasteiger partial charge in [0.1, 0.15) is 11.5 Å². The first-order valence-electron chi connectivity index (χ1n) is 8.81. The first kappa shape index (κ1) is 21.5. The zero-order valence-corrected chi connectivity index (χ0v) is 17.5. The minimum atomic E-state index is -3.76. The lowest BCUT2D eigenvalue weighted by Crippen LogP contribution is -2.23. The lowest BCUT2D eigenvalue weighted by Gasteiger charge is -2.10. The number of benzene rings is 3. The molecule has 156 valence electrons. The summed E-state index contributed by atoms with van der Waals surface area (Å²) in [5.74, 6) is -0.0498. The molecule has 0 atom stereocenters. The van der Waals surface area contributed by atoms with Crippen LogP contribution in [0.4, 0.5) is 5.69 Å². The Morgan fingerprint density at radius 2 is 1.70 bits per heavy atom. The van der Waals surface area contributed by atoms with Gasteiger partial charge in [0.15, 0.2) is 0 Å². The number of phenolic OH excluding ortho intramolecular Hbond substituents is 1. The lowest BCUT2D eigenvalue weighted by molar-refractivity contribution is 0.0948. The number of amides is 1. The van der Waals surface area contributed by atoms with Gasteiger partial charge in [0, 0.05) is 17.3 Å². The van der Waals surface area contributed by atoms with E-state index in [1.54, 1.807) is 36.4 Å². The Kier molecular flexibility index (Phi) is 6.49. The highest BCUT2D eigenvalue weighted by molar-refractivity contribution is 7.92. The average Bonchev–Trinajstić information content (AvgIpc) is 2.74. The number of halogens is 1.